The topological polar surface area (TPSA) is 52.6 Å². The van der Waals surface area contributed by atoms with Crippen LogP contribution >= 0.6 is 0 Å². The van der Waals surface area contributed by atoms with Crippen LogP contribution in [0.1, 0.15) is 49.7 Å². The van der Waals surface area contributed by atoms with Crippen molar-refractivity contribution in [3.63, 3.8) is 0 Å². The standard InChI is InChI=1S/C24H28O4/c1-4-14-5-8-18-19-9-6-15-11-16(27-3)7-10-17(15)21(19)24(12-20(14)18)22(25)13(2)28-23(24)26/h4,7,10-11,13-14,18-21H,1,5-6,8-9,12H2,2-3H3/t13-,14+,18-,19-,20+,21+,24-/m0/s1. The number of rotatable bonds is 2. The number of methoxy groups -OCH3 is 1. The second-order valence-corrected chi connectivity index (χ2v) is 9.14. The highest BCUT2D eigenvalue weighted by molar-refractivity contribution is 6.12. The van der Waals surface area contributed by atoms with Gasteiger partial charge in [0.2, 0.25) is 0 Å². The summed E-state index contributed by atoms with van der Waals surface area (Å²) >= 11 is 0. The van der Waals surface area contributed by atoms with E-state index in [1.165, 1.54) is 12.0 Å². The van der Waals surface area contributed by atoms with Crippen molar-refractivity contribution in [1.29, 1.82) is 0 Å². The summed E-state index contributed by atoms with van der Waals surface area (Å²) in [4.78, 5) is 26.7. The van der Waals surface area contributed by atoms with Gasteiger partial charge >= 0.3 is 5.97 Å². The summed E-state index contributed by atoms with van der Waals surface area (Å²) in [6.07, 6.45) is 6.31. The lowest BCUT2D eigenvalue weighted by molar-refractivity contribution is -0.155. The maximum Gasteiger partial charge on any atom is 0.321 e. The van der Waals surface area contributed by atoms with Gasteiger partial charge < -0.3 is 9.47 Å². The Kier molecular flexibility index (Phi) is 3.98. The predicted octanol–water partition coefficient (Wildman–Crippen LogP) is 4.07. The highest BCUT2D eigenvalue weighted by Crippen LogP contribution is 2.65. The van der Waals surface area contributed by atoms with Crippen molar-refractivity contribution in [2.45, 2.75) is 51.0 Å². The van der Waals surface area contributed by atoms with Crippen molar-refractivity contribution in [2.75, 3.05) is 7.11 Å². The molecule has 3 fully saturated rings. The fourth-order valence-electron chi connectivity index (χ4n) is 7.04. The third kappa shape index (κ3) is 2.18. The van der Waals surface area contributed by atoms with E-state index in [9.17, 15) is 9.59 Å². The average molecular weight is 380 g/mol. The summed E-state index contributed by atoms with van der Waals surface area (Å²) in [5.41, 5.74) is 1.36. The number of ether oxygens (including phenoxy) is 2. The molecule has 4 heteroatoms. The van der Waals surface area contributed by atoms with Gasteiger partial charge in [-0.1, -0.05) is 12.1 Å². The van der Waals surface area contributed by atoms with E-state index >= 15 is 0 Å². The molecular formula is C24H28O4. The Hall–Kier alpha value is -2.10. The number of fused-ring (bicyclic) bond motifs is 6. The maximum absolute atomic E-state index is 13.5. The number of carbonyl (C=O) groups excluding carboxylic acids is 2. The van der Waals surface area contributed by atoms with Crippen molar-refractivity contribution in [2.24, 2.45) is 29.1 Å². The number of carbonyl (C=O) groups is 2. The van der Waals surface area contributed by atoms with Crippen LogP contribution in [0.3, 0.4) is 0 Å². The van der Waals surface area contributed by atoms with Gasteiger partial charge in [-0.2, -0.15) is 0 Å². The molecule has 0 bridgehead atoms. The second-order valence-electron chi connectivity index (χ2n) is 9.14. The lowest BCUT2D eigenvalue weighted by Gasteiger charge is -2.52. The molecule has 1 heterocycles. The van der Waals surface area contributed by atoms with Crippen LogP contribution in [0, 0.1) is 29.1 Å². The first kappa shape index (κ1) is 18.0. The van der Waals surface area contributed by atoms with Crippen LogP contribution in [0.2, 0.25) is 0 Å². The molecule has 1 aromatic carbocycles. The molecule has 1 spiro atoms. The number of esters is 1. The van der Waals surface area contributed by atoms with Crippen LogP contribution in [-0.2, 0) is 20.7 Å². The van der Waals surface area contributed by atoms with E-state index in [0.29, 0.717) is 30.1 Å². The van der Waals surface area contributed by atoms with E-state index in [-0.39, 0.29) is 17.7 Å². The monoisotopic (exact) mass is 380 g/mol. The van der Waals surface area contributed by atoms with Gasteiger partial charge in [0.15, 0.2) is 11.9 Å². The third-order valence-electron chi connectivity index (χ3n) is 8.19. The van der Waals surface area contributed by atoms with Crippen molar-refractivity contribution < 1.29 is 19.1 Å². The molecule has 4 nitrogen and oxygen atoms in total. The number of allylic oxidation sites excluding steroid dienone is 1. The van der Waals surface area contributed by atoms with E-state index in [1.54, 1.807) is 14.0 Å². The number of Topliss-reactive ketones (excluding diaryl/α,β-unsaturated/α-hetero) is 1. The van der Waals surface area contributed by atoms with E-state index in [1.807, 2.05) is 6.07 Å². The zero-order valence-electron chi connectivity index (χ0n) is 16.6. The number of hydrogen-bond donors (Lipinski definition) is 0. The molecule has 3 aliphatic carbocycles. The van der Waals surface area contributed by atoms with Crippen LogP contribution < -0.4 is 4.74 Å². The molecule has 5 rings (SSSR count). The number of aryl methyl sites for hydroxylation is 1. The molecular weight excluding hydrogens is 352 g/mol. The molecule has 28 heavy (non-hydrogen) atoms. The molecule has 4 aliphatic rings. The lowest BCUT2D eigenvalue weighted by Crippen LogP contribution is -2.53. The maximum atomic E-state index is 13.5. The highest BCUT2D eigenvalue weighted by Gasteiger charge is 2.68. The van der Waals surface area contributed by atoms with Crippen LogP contribution in [0.5, 0.6) is 5.75 Å². The Bertz CT molecular complexity index is 858. The molecule has 0 N–H and O–H groups in total. The molecule has 148 valence electrons. The third-order valence-corrected chi connectivity index (χ3v) is 8.19. The van der Waals surface area contributed by atoms with E-state index in [4.69, 9.17) is 9.47 Å². The number of benzene rings is 1. The minimum Gasteiger partial charge on any atom is -0.497 e. The minimum atomic E-state index is -1.03. The quantitative estimate of drug-likeness (QED) is 0.441. The molecule has 1 saturated heterocycles. The second kappa shape index (κ2) is 6.20. The van der Waals surface area contributed by atoms with Crippen molar-refractivity contribution in [3.05, 3.63) is 42.0 Å². The Labute approximate surface area is 166 Å². The molecule has 0 unspecified atom stereocenters. The first-order chi connectivity index (χ1) is 13.5. The van der Waals surface area contributed by atoms with Gasteiger partial charge in [-0.25, -0.2) is 0 Å². The van der Waals surface area contributed by atoms with E-state index in [2.05, 4.69) is 24.8 Å². The summed E-state index contributed by atoms with van der Waals surface area (Å²) in [6, 6.07) is 6.15. The lowest BCUT2D eigenvalue weighted by atomic mass is 9.49. The molecule has 1 aromatic rings. The molecule has 0 amide bonds. The van der Waals surface area contributed by atoms with Gasteiger partial charge in [0.25, 0.3) is 0 Å². The normalized spacial score (nSPS) is 41.2. The SMILES string of the molecule is C=C[C@@H]1CC[C@@H]2[C@@H]1C[C@]1(C(=O)O[C@@H](C)C1=O)[C@@H]1c3ccc(OC)cc3CC[C@@H]21. The zero-order valence-corrected chi connectivity index (χ0v) is 16.6. The molecule has 0 aromatic heterocycles. The zero-order chi connectivity index (χ0) is 19.6. The Morgan fingerprint density at radius 3 is 2.68 bits per heavy atom. The largest absolute Gasteiger partial charge is 0.497 e. The smallest absolute Gasteiger partial charge is 0.321 e. The first-order valence-corrected chi connectivity index (χ1v) is 10.6. The van der Waals surface area contributed by atoms with Crippen LogP contribution in [0.15, 0.2) is 30.9 Å². The molecule has 0 radical (unpaired) electrons. The van der Waals surface area contributed by atoms with Gasteiger partial charge in [-0.3, -0.25) is 9.59 Å². The van der Waals surface area contributed by atoms with E-state index < -0.39 is 11.5 Å². The predicted molar refractivity (Wildman–Crippen MR) is 105 cm³/mol. The van der Waals surface area contributed by atoms with Crippen molar-refractivity contribution >= 4 is 11.8 Å². The van der Waals surface area contributed by atoms with Gasteiger partial charge in [0.1, 0.15) is 11.2 Å². The molecule has 1 aliphatic heterocycles. The van der Waals surface area contributed by atoms with Gasteiger partial charge in [-0.05, 0) is 86.0 Å². The Morgan fingerprint density at radius 2 is 2.00 bits per heavy atom. The summed E-state index contributed by atoms with van der Waals surface area (Å²) in [6.45, 7) is 5.78. The van der Waals surface area contributed by atoms with Crippen LogP contribution in [-0.4, -0.2) is 25.0 Å². The molecule has 7 atom stereocenters. The van der Waals surface area contributed by atoms with Gasteiger partial charge in [-0.15, -0.1) is 6.58 Å². The van der Waals surface area contributed by atoms with Gasteiger partial charge in [0.05, 0.1) is 7.11 Å². The Morgan fingerprint density at radius 1 is 1.18 bits per heavy atom. The fraction of sp³-hybridized carbons (Fsp3) is 0.583. The summed E-state index contributed by atoms with van der Waals surface area (Å²) < 4.78 is 11.0. The number of hydrogen-bond acceptors (Lipinski definition) is 4. The summed E-state index contributed by atoms with van der Waals surface area (Å²) in [5.74, 6) is 2.13. The van der Waals surface area contributed by atoms with E-state index in [0.717, 1.165) is 30.6 Å². The average Bonchev–Trinajstić information content (AvgIpc) is 3.22. The van der Waals surface area contributed by atoms with Crippen molar-refractivity contribution in [1.82, 2.24) is 0 Å². The highest BCUT2D eigenvalue weighted by atomic mass is 16.6. The van der Waals surface area contributed by atoms with Crippen molar-refractivity contribution in [3.8, 4) is 5.75 Å². The van der Waals surface area contributed by atoms with Gasteiger partial charge in [0, 0.05) is 5.92 Å². The van der Waals surface area contributed by atoms with Crippen LogP contribution in [0.25, 0.3) is 0 Å². The summed E-state index contributed by atoms with van der Waals surface area (Å²) in [7, 11) is 1.67. The number of ketones is 1. The minimum absolute atomic E-state index is 0.00988. The summed E-state index contributed by atoms with van der Waals surface area (Å²) in [5, 5.41) is 0. The fourth-order valence-corrected chi connectivity index (χ4v) is 7.04. The van der Waals surface area contributed by atoms with Crippen LogP contribution in [0.4, 0.5) is 0 Å². The first-order valence-electron chi connectivity index (χ1n) is 10.6. The number of cyclic esters (lactones) is 1. The Balaban J connectivity index is 1.69. The molecule has 2 saturated carbocycles.